The summed E-state index contributed by atoms with van der Waals surface area (Å²) in [5, 5.41) is 4.53. The summed E-state index contributed by atoms with van der Waals surface area (Å²) < 4.78 is 14.5. The predicted molar refractivity (Wildman–Crippen MR) is 103 cm³/mol. The molecule has 0 aliphatic heterocycles. The van der Waals surface area contributed by atoms with Gasteiger partial charge in [0.25, 0.3) is 0 Å². The highest BCUT2D eigenvalue weighted by Gasteiger charge is 2.39. The van der Waals surface area contributed by atoms with E-state index in [4.69, 9.17) is 0 Å². The van der Waals surface area contributed by atoms with Gasteiger partial charge in [-0.2, -0.15) is 5.10 Å². The van der Waals surface area contributed by atoms with E-state index < -0.39 is 11.9 Å². The van der Waals surface area contributed by atoms with Gasteiger partial charge in [-0.25, -0.2) is 4.39 Å². The van der Waals surface area contributed by atoms with E-state index >= 15 is 0 Å². The standard InChI is InChI=1S/C22H18FN3O2/c1-13-3-5-15(6-4-13)19-9-14(2)26(25-19)21-20(27)11-16(22(21)28)10-18-8-7-17(23)12-24-18/h3-10,12,21H,11H2,1-2H3/b16-10+. The molecule has 0 amide bonds. The van der Waals surface area contributed by atoms with E-state index in [2.05, 4.69) is 10.1 Å². The molecule has 0 bridgehead atoms. The quantitative estimate of drug-likeness (QED) is 0.515. The van der Waals surface area contributed by atoms with Gasteiger partial charge in [-0.15, -0.1) is 0 Å². The summed E-state index contributed by atoms with van der Waals surface area (Å²) in [6, 6.07) is 11.6. The zero-order valence-electron chi connectivity index (χ0n) is 15.5. The van der Waals surface area contributed by atoms with Gasteiger partial charge in [-0.3, -0.25) is 19.3 Å². The molecule has 1 aliphatic carbocycles. The second-order valence-electron chi connectivity index (χ2n) is 6.96. The van der Waals surface area contributed by atoms with E-state index in [1.165, 1.54) is 16.8 Å². The molecule has 1 saturated carbocycles. The number of carbonyl (C=O) groups is 2. The zero-order valence-corrected chi connectivity index (χ0v) is 15.5. The Kier molecular flexibility index (Phi) is 4.47. The smallest absolute Gasteiger partial charge is 0.191 e. The van der Waals surface area contributed by atoms with Crippen LogP contribution in [0.3, 0.4) is 0 Å². The molecule has 1 aromatic carbocycles. The van der Waals surface area contributed by atoms with E-state index in [0.717, 1.165) is 28.7 Å². The van der Waals surface area contributed by atoms with E-state index in [0.29, 0.717) is 11.3 Å². The summed E-state index contributed by atoms with van der Waals surface area (Å²) in [7, 11) is 0. The van der Waals surface area contributed by atoms with Gasteiger partial charge in [0, 0.05) is 23.3 Å². The number of hydrogen-bond acceptors (Lipinski definition) is 4. The van der Waals surface area contributed by atoms with E-state index in [1.54, 1.807) is 6.08 Å². The van der Waals surface area contributed by atoms with Crippen LogP contribution in [0.1, 0.15) is 29.4 Å². The molecule has 1 unspecified atom stereocenters. The van der Waals surface area contributed by atoms with E-state index in [1.807, 2.05) is 44.2 Å². The molecular weight excluding hydrogens is 357 g/mol. The molecule has 3 aromatic rings. The number of allylic oxidation sites excluding steroid dienone is 1. The fraction of sp³-hybridized carbons (Fsp3) is 0.182. The van der Waals surface area contributed by atoms with Gasteiger partial charge in [0.2, 0.25) is 0 Å². The van der Waals surface area contributed by atoms with Crippen molar-refractivity contribution in [2.75, 3.05) is 0 Å². The van der Waals surface area contributed by atoms with E-state index in [-0.39, 0.29) is 18.0 Å². The summed E-state index contributed by atoms with van der Waals surface area (Å²) in [5.74, 6) is -0.956. The van der Waals surface area contributed by atoms with Crippen LogP contribution >= 0.6 is 0 Å². The minimum Gasteiger partial charge on any atom is -0.296 e. The van der Waals surface area contributed by atoms with Crippen LogP contribution in [0.15, 0.2) is 54.2 Å². The highest BCUT2D eigenvalue weighted by Crippen LogP contribution is 2.31. The third-order valence-corrected chi connectivity index (χ3v) is 4.82. The van der Waals surface area contributed by atoms with Gasteiger partial charge in [-0.1, -0.05) is 29.8 Å². The van der Waals surface area contributed by atoms with Crippen LogP contribution in [-0.4, -0.2) is 26.3 Å². The lowest BCUT2D eigenvalue weighted by Gasteiger charge is -2.09. The lowest BCUT2D eigenvalue weighted by molar-refractivity contribution is -0.126. The average Bonchev–Trinajstić information content (AvgIpc) is 3.17. The minimum absolute atomic E-state index is 0.0156. The van der Waals surface area contributed by atoms with Crippen LogP contribution in [0.4, 0.5) is 4.39 Å². The first-order valence-corrected chi connectivity index (χ1v) is 8.94. The molecule has 0 saturated heterocycles. The molecular formula is C22H18FN3O2. The molecule has 6 heteroatoms. The summed E-state index contributed by atoms with van der Waals surface area (Å²) in [5.41, 5.74) is 4.33. The molecule has 1 atom stereocenters. The van der Waals surface area contributed by atoms with E-state index in [9.17, 15) is 14.0 Å². The highest BCUT2D eigenvalue weighted by atomic mass is 19.1. The Morgan fingerprint density at radius 1 is 1.11 bits per heavy atom. The first-order valence-electron chi connectivity index (χ1n) is 8.94. The normalized spacial score (nSPS) is 18.2. The maximum atomic E-state index is 13.0. The number of nitrogens with zero attached hydrogens (tertiary/aromatic N) is 3. The Morgan fingerprint density at radius 2 is 1.86 bits per heavy atom. The van der Waals surface area contributed by atoms with Crippen LogP contribution in [0.5, 0.6) is 0 Å². The largest absolute Gasteiger partial charge is 0.296 e. The van der Waals surface area contributed by atoms with Crippen molar-refractivity contribution in [2.45, 2.75) is 26.3 Å². The average molecular weight is 375 g/mol. The summed E-state index contributed by atoms with van der Waals surface area (Å²) in [6.07, 6.45) is 2.64. The number of ketones is 2. The molecule has 2 heterocycles. The number of hydrogen-bond donors (Lipinski definition) is 0. The lowest BCUT2D eigenvalue weighted by Crippen LogP contribution is -2.22. The van der Waals surface area contributed by atoms with Gasteiger partial charge in [0.1, 0.15) is 5.82 Å². The monoisotopic (exact) mass is 375 g/mol. The highest BCUT2D eigenvalue weighted by molar-refractivity contribution is 6.22. The van der Waals surface area contributed by atoms with Crippen molar-refractivity contribution >= 4 is 17.6 Å². The Bertz CT molecular complexity index is 1100. The minimum atomic E-state index is -0.967. The van der Waals surface area contributed by atoms with Crippen LogP contribution in [-0.2, 0) is 9.59 Å². The van der Waals surface area contributed by atoms with Crippen molar-refractivity contribution < 1.29 is 14.0 Å². The predicted octanol–water partition coefficient (Wildman–Crippen LogP) is 3.87. The number of aromatic nitrogens is 3. The van der Waals surface area contributed by atoms with Crippen molar-refractivity contribution in [2.24, 2.45) is 0 Å². The van der Waals surface area contributed by atoms with Crippen LogP contribution < -0.4 is 0 Å². The third-order valence-electron chi connectivity index (χ3n) is 4.82. The van der Waals surface area contributed by atoms with Gasteiger partial charge >= 0.3 is 0 Å². The van der Waals surface area contributed by atoms with Crippen molar-refractivity contribution in [1.82, 2.24) is 14.8 Å². The first-order chi connectivity index (χ1) is 13.4. The van der Waals surface area contributed by atoms with Gasteiger partial charge < -0.3 is 0 Å². The summed E-state index contributed by atoms with van der Waals surface area (Å²) >= 11 is 0. The Balaban J connectivity index is 1.66. The molecule has 4 rings (SSSR count). The fourth-order valence-electron chi connectivity index (χ4n) is 3.33. The number of aryl methyl sites for hydroxylation is 2. The fourth-order valence-corrected chi connectivity index (χ4v) is 3.33. The SMILES string of the molecule is Cc1ccc(-c2cc(C)n(C3C(=O)C/C(=C\c4ccc(F)cn4)C3=O)n2)cc1. The Hall–Kier alpha value is -3.41. The molecule has 0 radical (unpaired) electrons. The van der Waals surface area contributed by atoms with Gasteiger partial charge in [0.15, 0.2) is 17.6 Å². The Morgan fingerprint density at radius 3 is 2.54 bits per heavy atom. The number of carbonyl (C=O) groups excluding carboxylic acids is 2. The molecule has 0 N–H and O–H groups in total. The molecule has 5 nitrogen and oxygen atoms in total. The summed E-state index contributed by atoms with van der Waals surface area (Å²) in [6.45, 7) is 3.84. The Labute approximate surface area is 161 Å². The zero-order chi connectivity index (χ0) is 19.8. The van der Waals surface area contributed by atoms with Crippen LogP contribution in [0.25, 0.3) is 17.3 Å². The number of Topliss-reactive ketones (excluding diaryl/α,β-unsaturated/α-hetero) is 2. The second-order valence-corrected chi connectivity index (χ2v) is 6.96. The molecule has 140 valence electrons. The molecule has 1 fully saturated rings. The number of pyridine rings is 1. The van der Waals surface area contributed by atoms with Crippen LogP contribution in [0, 0.1) is 19.7 Å². The van der Waals surface area contributed by atoms with Crippen LogP contribution in [0.2, 0.25) is 0 Å². The van der Waals surface area contributed by atoms with Crippen molar-refractivity contribution in [3.63, 3.8) is 0 Å². The van der Waals surface area contributed by atoms with Crippen molar-refractivity contribution in [3.8, 4) is 11.3 Å². The first kappa shape index (κ1) is 18.0. The molecule has 0 spiro atoms. The topological polar surface area (TPSA) is 64.8 Å². The van der Waals surface area contributed by atoms with Gasteiger partial charge in [0.05, 0.1) is 17.6 Å². The number of halogens is 1. The maximum absolute atomic E-state index is 13.0. The number of rotatable bonds is 3. The second kappa shape index (κ2) is 6.96. The molecule has 28 heavy (non-hydrogen) atoms. The third kappa shape index (κ3) is 3.29. The van der Waals surface area contributed by atoms with Gasteiger partial charge in [-0.05, 0) is 38.1 Å². The van der Waals surface area contributed by atoms with Crippen molar-refractivity contribution in [3.05, 3.63) is 77.0 Å². The number of benzene rings is 1. The summed E-state index contributed by atoms with van der Waals surface area (Å²) in [4.78, 5) is 29.4. The maximum Gasteiger partial charge on any atom is 0.191 e. The molecule has 2 aromatic heterocycles. The lowest BCUT2D eigenvalue weighted by atomic mass is 10.1. The molecule has 1 aliphatic rings. The van der Waals surface area contributed by atoms with Crippen molar-refractivity contribution in [1.29, 1.82) is 0 Å².